The normalized spacial score (nSPS) is 10.3. The van der Waals surface area contributed by atoms with Crippen LogP contribution in [0, 0.1) is 6.92 Å². The van der Waals surface area contributed by atoms with Crippen molar-refractivity contribution < 1.29 is 0 Å². The molecule has 0 saturated heterocycles. The second-order valence-electron chi connectivity index (χ2n) is 2.20. The zero-order chi connectivity index (χ0) is 7.68. The fourth-order valence-electron chi connectivity index (χ4n) is 0.922. The van der Waals surface area contributed by atoms with E-state index in [1.165, 1.54) is 0 Å². The third kappa shape index (κ3) is 0.899. The summed E-state index contributed by atoms with van der Waals surface area (Å²) < 4.78 is 1.85. The first kappa shape index (κ1) is 6.09. The summed E-state index contributed by atoms with van der Waals surface area (Å²) in [7, 11) is 0. The summed E-state index contributed by atoms with van der Waals surface area (Å²) in [5.41, 5.74) is 0.951. The molecule has 2 aromatic heterocycles. The van der Waals surface area contributed by atoms with E-state index in [1.807, 2.05) is 11.5 Å². The Balaban J connectivity index is 2.53. The van der Waals surface area contributed by atoms with Gasteiger partial charge in [-0.2, -0.15) is 5.10 Å². The Kier molecular flexibility index (Phi) is 1.21. The zero-order valence-corrected chi connectivity index (χ0v) is 6.02. The highest BCUT2D eigenvalue weighted by molar-refractivity contribution is 5.25. The van der Waals surface area contributed by atoms with E-state index in [9.17, 15) is 0 Å². The average molecular weight is 149 g/mol. The molecule has 1 N–H and O–H groups in total. The SMILES string of the molecule is Cc1nncn1-c1cn[nH]c1. The summed E-state index contributed by atoms with van der Waals surface area (Å²) in [4.78, 5) is 0. The predicted molar refractivity (Wildman–Crippen MR) is 38.2 cm³/mol. The van der Waals surface area contributed by atoms with Crippen LogP contribution in [0.4, 0.5) is 0 Å². The molecular formula is C6H7N5. The number of aryl methyl sites for hydroxylation is 1. The van der Waals surface area contributed by atoms with E-state index in [1.54, 1.807) is 18.7 Å². The summed E-state index contributed by atoms with van der Waals surface area (Å²) in [6.07, 6.45) is 5.16. The molecule has 0 saturated carbocycles. The Bertz CT molecular complexity index is 333. The Morgan fingerprint density at radius 1 is 1.55 bits per heavy atom. The Labute approximate surface area is 63.1 Å². The summed E-state index contributed by atoms with van der Waals surface area (Å²) in [5, 5.41) is 14.1. The van der Waals surface area contributed by atoms with Gasteiger partial charge in [-0.05, 0) is 6.92 Å². The lowest BCUT2D eigenvalue weighted by molar-refractivity contribution is 0.970. The van der Waals surface area contributed by atoms with Crippen LogP contribution in [0.1, 0.15) is 5.82 Å². The Morgan fingerprint density at radius 2 is 2.45 bits per heavy atom. The van der Waals surface area contributed by atoms with Crippen molar-refractivity contribution in [2.24, 2.45) is 0 Å². The standard InChI is InChI=1S/C6H7N5/c1-5-10-9-4-11(5)6-2-7-8-3-6/h2-4H,1H3,(H,7,8). The van der Waals surface area contributed by atoms with Crippen molar-refractivity contribution >= 4 is 0 Å². The van der Waals surface area contributed by atoms with Crippen molar-refractivity contribution in [3.8, 4) is 5.69 Å². The molecule has 0 spiro atoms. The van der Waals surface area contributed by atoms with E-state index in [-0.39, 0.29) is 0 Å². The summed E-state index contributed by atoms with van der Waals surface area (Å²) >= 11 is 0. The molecule has 0 unspecified atom stereocenters. The van der Waals surface area contributed by atoms with E-state index in [0.29, 0.717) is 0 Å². The van der Waals surface area contributed by atoms with Crippen LogP contribution in [0.2, 0.25) is 0 Å². The highest BCUT2D eigenvalue weighted by Crippen LogP contribution is 2.04. The van der Waals surface area contributed by atoms with Gasteiger partial charge in [0.05, 0.1) is 11.9 Å². The number of nitrogens with one attached hydrogen (secondary N) is 1. The number of hydrogen-bond donors (Lipinski definition) is 1. The van der Waals surface area contributed by atoms with Gasteiger partial charge in [0, 0.05) is 6.20 Å². The number of rotatable bonds is 1. The maximum absolute atomic E-state index is 3.84. The first-order valence-electron chi connectivity index (χ1n) is 3.24. The van der Waals surface area contributed by atoms with Crippen molar-refractivity contribution in [2.75, 3.05) is 0 Å². The van der Waals surface area contributed by atoms with Gasteiger partial charge in [-0.1, -0.05) is 0 Å². The first-order valence-corrected chi connectivity index (χ1v) is 3.24. The van der Waals surface area contributed by atoms with Crippen LogP contribution >= 0.6 is 0 Å². The zero-order valence-electron chi connectivity index (χ0n) is 6.02. The monoisotopic (exact) mass is 149 g/mol. The molecule has 0 fully saturated rings. The van der Waals surface area contributed by atoms with Crippen molar-refractivity contribution in [1.82, 2.24) is 25.0 Å². The minimum atomic E-state index is 0.853. The van der Waals surface area contributed by atoms with Crippen LogP contribution in [0.5, 0.6) is 0 Å². The topological polar surface area (TPSA) is 59.4 Å². The second kappa shape index (κ2) is 2.19. The third-order valence-corrected chi connectivity index (χ3v) is 1.48. The lowest BCUT2D eigenvalue weighted by Gasteiger charge is -1.95. The molecule has 5 nitrogen and oxygen atoms in total. The van der Waals surface area contributed by atoms with Crippen molar-refractivity contribution in [3.05, 3.63) is 24.5 Å². The molecule has 0 amide bonds. The van der Waals surface area contributed by atoms with Gasteiger partial charge in [0.2, 0.25) is 0 Å². The van der Waals surface area contributed by atoms with E-state index in [4.69, 9.17) is 0 Å². The van der Waals surface area contributed by atoms with E-state index < -0.39 is 0 Å². The van der Waals surface area contributed by atoms with Gasteiger partial charge >= 0.3 is 0 Å². The largest absolute Gasteiger partial charge is 0.284 e. The van der Waals surface area contributed by atoms with Crippen LogP contribution in [0.3, 0.4) is 0 Å². The van der Waals surface area contributed by atoms with Crippen LogP contribution in [-0.4, -0.2) is 25.0 Å². The van der Waals surface area contributed by atoms with E-state index >= 15 is 0 Å². The van der Waals surface area contributed by atoms with Crippen LogP contribution in [0.15, 0.2) is 18.7 Å². The molecule has 11 heavy (non-hydrogen) atoms. The van der Waals surface area contributed by atoms with Gasteiger partial charge in [-0.3, -0.25) is 9.67 Å². The van der Waals surface area contributed by atoms with Gasteiger partial charge in [-0.25, -0.2) is 0 Å². The third-order valence-electron chi connectivity index (χ3n) is 1.48. The molecule has 2 aromatic rings. The summed E-state index contributed by atoms with van der Waals surface area (Å²) in [6, 6.07) is 0. The maximum atomic E-state index is 3.84. The van der Waals surface area contributed by atoms with Crippen LogP contribution in [-0.2, 0) is 0 Å². The molecular weight excluding hydrogens is 142 g/mol. The molecule has 5 heteroatoms. The van der Waals surface area contributed by atoms with Crippen molar-refractivity contribution in [1.29, 1.82) is 0 Å². The fraction of sp³-hybridized carbons (Fsp3) is 0.167. The highest BCUT2D eigenvalue weighted by Gasteiger charge is 2.00. The molecule has 0 aliphatic rings. The van der Waals surface area contributed by atoms with Crippen molar-refractivity contribution in [3.63, 3.8) is 0 Å². The van der Waals surface area contributed by atoms with Crippen LogP contribution < -0.4 is 0 Å². The molecule has 0 atom stereocenters. The van der Waals surface area contributed by atoms with Crippen molar-refractivity contribution in [2.45, 2.75) is 6.92 Å². The molecule has 0 radical (unpaired) electrons. The minimum Gasteiger partial charge on any atom is -0.284 e. The summed E-state index contributed by atoms with van der Waals surface area (Å²) in [5.74, 6) is 0.853. The Morgan fingerprint density at radius 3 is 3.00 bits per heavy atom. The average Bonchev–Trinajstić information content (AvgIpc) is 2.55. The lowest BCUT2D eigenvalue weighted by Crippen LogP contribution is -1.92. The highest BCUT2D eigenvalue weighted by atomic mass is 15.3. The summed E-state index contributed by atoms with van der Waals surface area (Å²) in [6.45, 7) is 1.89. The van der Waals surface area contributed by atoms with Gasteiger partial charge in [0.25, 0.3) is 0 Å². The fourth-order valence-corrected chi connectivity index (χ4v) is 0.922. The second-order valence-corrected chi connectivity index (χ2v) is 2.20. The number of nitrogens with zero attached hydrogens (tertiary/aromatic N) is 4. The van der Waals surface area contributed by atoms with E-state index in [2.05, 4.69) is 20.4 Å². The molecule has 56 valence electrons. The van der Waals surface area contributed by atoms with Gasteiger partial charge in [-0.15, -0.1) is 10.2 Å². The minimum absolute atomic E-state index is 0.853. The lowest BCUT2D eigenvalue weighted by atomic mass is 10.5. The number of hydrogen-bond acceptors (Lipinski definition) is 3. The number of H-pyrrole nitrogens is 1. The molecule has 0 bridgehead atoms. The van der Waals surface area contributed by atoms with Gasteiger partial charge in [0.15, 0.2) is 0 Å². The molecule has 0 aromatic carbocycles. The first-order chi connectivity index (χ1) is 5.38. The van der Waals surface area contributed by atoms with Crippen LogP contribution in [0.25, 0.3) is 5.69 Å². The molecule has 2 rings (SSSR count). The quantitative estimate of drug-likeness (QED) is 0.634. The predicted octanol–water partition coefficient (Wildman–Crippen LogP) is 0.299. The van der Waals surface area contributed by atoms with Gasteiger partial charge < -0.3 is 0 Å². The molecule has 2 heterocycles. The number of aromatic amines is 1. The van der Waals surface area contributed by atoms with E-state index in [0.717, 1.165) is 11.5 Å². The molecule has 0 aliphatic heterocycles. The molecule has 0 aliphatic carbocycles. The number of aromatic nitrogens is 5. The Hall–Kier alpha value is -1.65. The maximum Gasteiger partial charge on any atom is 0.134 e. The smallest absolute Gasteiger partial charge is 0.134 e. The van der Waals surface area contributed by atoms with Gasteiger partial charge in [0.1, 0.15) is 12.2 Å².